The summed E-state index contributed by atoms with van der Waals surface area (Å²) in [6, 6.07) is 6.39. The number of hydrogen-bond acceptors (Lipinski definition) is 5. The molecule has 1 amide bonds. The van der Waals surface area contributed by atoms with Gasteiger partial charge in [-0.3, -0.25) is 4.90 Å². The van der Waals surface area contributed by atoms with Gasteiger partial charge in [0.2, 0.25) is 0 Å². The monoisotopic (exact) mass is 376 g/mol. The third-order valence-corrected chi connectivity index (χ3v) is 4.54. The molecule has 0 bridgehead atoms. The Balaban J connectivity index is 1.56. The van der Waals surface area contributed by atoms with Crippen molar-refractivity contribution in [3.05, 3.63) is 23.8 Å². The molecular weight excluding hydrogens is 344 g/mol. The highest BCUT2D eigenvalue weighted by Crippen LogP contribution is 2.29. The van der Waals surface area contributed by atoms with Gasteiger partial charge < -0.3 is 19.1 Å². The summed E-state index contributed by atoms with van der Waals surface area (Å²) in [6.07, 6.45) is -0.307. The highest BCUT2D eigenvalue weighted by molar-refractivity contribution is 5.68. The van der Waals surface area contributed by atoms with Gasteiger partial charge in [0.1, 0.15) is 30.3 Å². The number of benzene rings is 1. The molecule has 6 heteroatoms. The van der Waals surface area contributed by atoms with E-state index >= 15 is 0 Å². The molecule has 2 unspecified atom stereocenters. The topological polar surface area (TPSA) is 51.0 Å². The van der Waals surface area contributed by atoms with Gasteiger partial charge in [0, 0.05) is 24.7 Å². The maximum atomic E-state index is 12.4. The van der Waals surface area contributed by atoms with E-state index in [0.29, 0.717) is 38.3 Å². The Morgan fingerprint density at radius 3 is 2.81 bits per heavy atom. The molecule has 2 heterocycles. The molecule has 1 aromatic carbocycles. The Morgan fingerprint density at radius 1 is 1.33 bits per heavy atom. The average molecular weight is 376 g/mol. The first-order valence-electron chi connectivity index (χ1n) is 9.82. The molecule has 2 aliphatic rings. The van der Waals surface area contributed by atoms with E-state index in [2.05, 4.69) is 18.7 Å². The normalized spacial score (nSPS) is 21.9. The number of nitrogens with zero attached hydrogens (tertiary/aromatic N) is 2. The molecule has 2 aliphatic heterocycles. The number of carbonyl (C=O) groups excluding carboxylic acids is 1. The standard InChI is InChI=1S/C21H32N2O4/c1-15(2)11-23-13-17(23)14-26-18-7-6-16-12-22(8-9-25-19(16)10-18)20(24)27-21(3,4)5/h6-7,10,15,17H,8-9,11-14H2,1-5H3. The fourth-order valence-corrected chi connectivity index (χ4v) is 3.19. The smallest absolute Gasteiger partial charge is 0.410 e. The van der Waals surface area contributed by atoms with Crippen LogP contribution < -0.4 is 9.47 Å². The number of fused-ring (bicyclic) bond motifs is 1. The first-order valence-corrected chi connectivity index (χ1v) is 9.82. The number of carbonyl (C=O) groups is 1. The van der Waals surface area contributed by atoms with E-state index in [1.54, 1.807) is 4.90 Å². The van der Waals surface area contributed by atoms with Crippen molar-refractivity contribution < 1.29 is 19.0 Å². The van der Waals surface area contributed by atoms with Crippen LogP contribution >= 0.6 is 0 Å². The third kappa shape index (κ3) is 5.76. The summed E-state index contributed by atoms with van der Waals surface area (Å²) < 4.78 is 17.3. The van der Waals surface area contributed by atoms with Crippen LogP contribution in [0, 0.1) is 5.92 Å². The van der Waals surface area contributed by atoms with Crippen LogP contribution in [-0.2, 0) is 11.3 Å². The predicted octanol–water partition coefficient (Wildman–Crippen LogP) is 3.54. The predicted molar refractivity (Wildman–Crippen MR) is 104 cm³/mol. The first kappa shape index (κ1) is 19.8. The summed E-state index contributed by atoms with van der Waals surface area (Å²) in [4.78, 5) is 16.5. The zero-order chi connectivity index (χ0) is 19.6. The lowest BCUT2D eigenvalue weighted by Crippen LogP contribution is -2.37. The van der Waals surface area contributed by atoms with Gasteiger partial charge in [-0.2, -0.15) is 0 Å². The fraction of sp³-hybridized carbons (Fsp3) is 0.667. The molecule has 0 aliphatic carbocycles. The Kier molecular flexibility index (Phi) is 5.84. The molecule has 0 saturated carbocycles. The van der Waals surface area contributed by atoms with E-state index < -0.39 is 5.60 Å². The van der Waals surface area contributed by atoms with E-state index in [1.165, 1.54) is 0 Å². The second-order valence-corrected chi connectivity index (χ2v) is 8.83. The summed E-state index contributed by atoms with van der Waals surface area (Å²) in [7, 11) is 0. The van der Waals surface area contributed by atoms with Crippen LogP contribution in [0.5, 0.6) is 11.5 Å². The minimum Gasteiger partial charge on any atom is -0.492 e. The molecule has 3 rings (SSSR count). The van der Waals surface area contributed by atoms with E-state index in [9.17, 15) is 4.79 Å². The molecule has 0 spiro atoms. The van der Waals surface area contributed by atoms with Gasteiger partial charge >= 0.3 is 6.09 Å². The van der Waals surface area contributed by atoms with Crippen molar-refractivity contribution in [2.75, 3.05) is 32.8 Å². The molecular formula is C21H32N2O4. The summed E-state index contributed by atoms with van der Waals surface area (Å²) in [5, 5.41) is 0. The Bertz CT molecular complexity index is 669. The molecule has 0 radical (unpaired) electrons. The largest absolute Gasteiger partial charge is 0.492 e. The molecule has 6 nitrogen and oxygen atoms in total. The van der Waals surface area contributed by atoms with Crippen LogP contribution in [0.25, 0.3) is 0 Å². The minimum atomic E-state index is -0.503. The van der Waals surface area contributed by atoms with Crippen LogP contribution in [0.4, 0.5) is 4.79 Å². The molecule has 2 atom stereocenters. The Hall–Kier alpha value is -1.95. The number of hydrogen-bond donors (Lipinski definition) is 0. The van der Waals surface area contributed by atoms with E-state index in [-0.39, 0.29) is 6.09 Å². The third-order valence-electron chi connectivity index (χ3n) is 4.54. The van der Waals surface area contributed by atoms with Gasteiger partial charge in [0.05, 0.1) is 19.1 Å². The van der Waals surface area contributed by atoms with Crippen molar-refractivity contribution >= 4 is 6.09 Å². The van der Waals surface area contributed by atoms with Gasteiger partial charge in [-0.15, -0.1) is 0 Å². The fourth-order valence-electron chi connectivity index (χ4n) is 3.19. The lowest BCUT2D eigenvalue weighted by molar-refractivity contribution is 0.0225. The maximum Gasteiger partial charge on any atom is 0.410 e. The Morgan fingerprint density at radius 2 is 2.11 bits per heavy atom. The number of rotatable bonds is 5. The van der Waals surface area contributed by atoms with E-state index in [1.807, 2.05) is 39.0 Å². The highest BCUT2D eigenvalue weighted by atomic mass is 16.6. The van der Waals surface area contributed by atoms with Crippen LogP contribution in [-0.4, -0.2) is 60.4 Å². The molecule has 0 aromatic heterocycles. The molecule has 27 heavy (non-hydrogen) atoms. The number of amides is 1. The summed E-state index contributed by atoms with van der Waals surface area (Å²) in [6.45, 7) is 14.5. The van der Waals surface area contributed by atoms with Crippen LogP contribution in [0.2, 0.25) is 0 Å². The Labute approximate surface area is 162 Å². The summed E-state index contributed by atoms with van der Waals surface area (Å²) in [5.74, 6) is 2.29. The second-order valence-electron chi connectivity index (χ2n) is 8.83. The van der Waals surface area contributed by atoms with Gasteiger partial charge in [0.15, 0.2) is 0 Å². The van der Waals surface area contributed by atoms with Crippen molar-refractivity contribution in [1.29, 1.82) is 0 Å². The van der Waals surface area contributed by atoms with Crippen molar-refractivity contribution in [2.45, 2.75) is 52.8 Å². The second kappa shape index (κ2) is 7.97. The quantitative estimate of drug-likeness (QED) is 0.736. The van der Waals surface area contributed by atoms with E-state index in [4.69, 9.17) is 14.2 Å². The average Bonchev–Trinajstić information content (AvgIpc) is 3.31. The van der Waals surface area contributed by atoms with Crippen LogP contribution in [0.1, 0.15) is 40.2 Å². The van der Waals surface area contributed by atoms with Gasteiger partial charge in [0.25, 0.3) is 0 Å². The molecule has 0 N–H and O–H groups in total. The van der Waals surface area contributed by atoms with E-state index in [0.717, 1.165) is 30.2 Å². The van der Waals surface area contributed by atoms with Crippen LogP contribution in [0.15, 0.2) is 18.2 Å². The summed E-state index contributed by atoms with van der Waals surface area (Å²) in [5.41, 5.74) is 0.468. The summed E-state index contributed by atoms with van der Waals surface area (Å²) >= 11 is 0. The molecule has 1 aromatic rings. The number of ether oxygens (including phenoxy) is 3. The van der Waals surface area contributed by atoms with Crippen LogP contribution in [0.3, 0.4) is 0 Å². The molecule has 150 valence electrons. The van der Waals surface area contributed by atoms with Crippen molar-refractivity contribution in [3.8, 4) is 11.5 Å². The van der Waals surface area contributed by atoms with Gasteiger partial charge in [-0.05, 0) is 38.8 Å². The highest BCUT2D eigenvalue weighted by Gasteiger charge is 2.34. The zero-order valence-electron chi connectivity index (χ0n) is 17.2. The van der Waals surface area contributed by atoms with Crippen molar-refractivity contribution in [1.82, 2.24) is 9.80 Å². The lowest BCUT2D eigenvalue weighted by atomic mass is 10.2. The zero-order valence-corrected chi connectivity index (χ0v) is 17.2. The molecule has 1 saturated heterocycles. The first-order chi connectivity index (χ1) is 12.7. The van der Waals surface area contributed by atoms with Crippen molar-refractivity contribution in [2.24, 2.45) is 5.92 Å². The lowest BCUT2D eigenvalue weighted by Gasteiger charge is -2.26. The molecule has 1 fully saturated rings. The SMILES string of the molecule is CC(C)CN1CC1COc1ccc2c(c1)OCCN(C(=O)OC(C)(C)C)C2. The van der Waals surface area contributed by atoms with Crippen molar-refractivity contribution in [3.63, 3.8) is 0 Å². The maximum absolute atomic E-state index is 12.4. The van der Waals surface area contributed by atoms with Gasteiger partial charge in [-0.1, -0.05) is 13.8 Å². The van der Waals surface area contributed by atoms with Gasteiger partial charge in [-0.25, -0.2) is 4.79 Å². The minimum absolute atomic E-state index is 0.307.